The predicted molar refractivity (Wildman–Crippen MR) is 47.1 cm³/mol. The molecule has 0 aliphatic carbocycles. The van der Waals surface area contributed by atoms with E-state index in [9.17, 15) is 4.79 Å². The molecule has 1 aromatic heterocycles. The summed E-state index contributed by atoms with van der Waals surface area (Å²) in [7, 11) is 4.02. The third-order valence-corrected chi connectivity index (χ3v) is 2.20. The molecule has 1 heterocycles. The van der Waals surface area contributed by atoms with Gasteiger partial charge in [-0.3, -0.25) is 4.79 Å². The molecule has 0 aliphatic heterocycles. The van der Waals surface area contributed by atoms with E-state index in [4.69, 9.17) is 0 Å². The minimum absolute atomic E-state index is 0.807. The molecule has 0 N–H and O–H groups in total. The highest BCUT2D eigenvalue weighted by Crippen LogP contribution is 2.13. The lowest BCUT2D eigenvalue weighted by Crippen LogP contribution is -2.09. The number of hydrogen-bond donors (Lipinski definition) is 0. The van der Waals surface area contributed by atoms with Gasteiger partial charge in [-0.2, -0.15) is 0 Å². The van der Waals surface area contributed by atoms with Crippen LogP contribution in [0.4, 0.5) is 0 Å². The second-order valence-electron chi connectivity index (χ2n) is 2.71. The van der Waals surface area contributed by atoms with E-state index in [1.807, 2.05) is 25.5 Å². The lowest BCUT2D eigenvalue weighted by molar-refractivity contribution is 0.112. The van der Waals surface area contributed by atoms with Gasteiger partial charge in [0.1, 0.15) is 0 Å². The second-order valence-corrected chi connectivity index (χ2v) is 3.66. The number of rotatable bonds is 3. The summed E-state index contributed by atoms with van der Waals surface area (Å²) in [4.78, 5) is 13.2. The SMILES string of the molecule is CN(C)Cc1csc(C=O)c1. The number of aldehydes is 1. The largest absolute Gasteiger partial charge is 0.305 e. The zero-order chi connectivity index (χ0) is 8.27. The van der Waals surface area contributed by atoms with Crippen molar-refractivity contribution in [3.63, 3.8) is 0 Å². The zero-order valence-corrected chi connectivity index (χ0v) is 7.52. The number of thiophene rings is 1. The molecule has 0 fully saturated rings. The van der Waals surface area contributed by atoms with Crippen molar-refractivity contribution >= 4 is 17.6 Å². The Morgan fingerprint density at radius 1 is 1.64 bits per heavy atom. The molecular weight excluding hydrogens is 158 g/mol. The second kappa shape index (κ2) is 3.64. The first-order chi connectivity index (χ1) is 5.22. The minimum Gasteiger partial charge on any atom is -0.305 e. The van der Waals surface area contributed by atoms with Crippen molar-refractivity contribution in [2.45, 2.75) is 6.54 Å². The summed E-state index contributed by atoms with van der Waals surface area (Å²) >= 11 is 1.50. The Bertz CT molecular complexity index is 242. The molecule has 1 aromatic rings. The smallest absolute Gasteiger partial charge is 0.160 e. The Balaban J connectivity index is 2.65. The molecule has 0 bridgehead atoms. The fourth-order valence-electron chi connectivity index (χ4n) is 0.904. The molecule has 0 unspecified atom stereocenters. The molecule has 0 amide bonds. The standard InChI is InChI=1S/C8H11NOS/c1-9(2)4-7-3-8(5-10)11-6-7/h3,5-6H,4H2,1-2H3. The van der Waals surface area contributed by atoms with E-state index < -0.39 is 0 Å². The molecule has 0 aliphatic rings. The normalized spacial score (nSPS) is 10.5. The molecule has 60 valence electrons. The van der Waals surface area contributed by atoms with Crippen molar-refractivity contribution < 1.29 is 4.79 Å². The van der Waals surface area contributed by atoms with Crippen LogP contribution in [0, 0.1) is 0 Å². The molecule has 1 rings (SSSR count). The first-order valence-corrected chi connectivity index (χ1v) is 4.27. The van der Waals surface area contributed by atoms with Crippen molar-refractivity contribution in [1.29, 1.82) is 0 Å². The van der Waals surface area contributed by atoms with E-state index >= 15 is 0 Å². The first kappa shape index (κ1) is 8.43. The third kappa shape index (κ3) is 2.44. The summed E-state index contributed by atoms with van der Waals surface area (Å²) in [5.74, 6) is 0. The highest BCUT2D eigenvalue weighted by molar-refractivity contribution is 7.11. The Hall–Kier alpha value is -0.670. The van der Waals surface area contributed by atoms with Crippen LogP contribution in [0.3, 0.4) is 0 Å². The Kier molecular flexibility index (Phi) is 2.79. The van der Waals surface area contributed by atoms with Gasteiger partial charge in [0, 0.05) is 6.54 Å². The van der Waals surface area contributed by atoms with Gasteiger partial charge < -0.3 is 4.90 Å². The van der Waals surface area contributed by atoms with Gasteiger partial charge in [0.15, 0.2) is 6.29 Å². The summed E-state index contributed by atoms with van der Waals surface area (Å²) in [6.45, 7) is 0.907. The number of carbonyl (C=O) groups is 1. The quantitative estimate of drug-likeness (QED) is 0.641. The topological polar surface area (TPSA) is 20.3 Å². The molecule has 3 heteroatoms. The first-order valence-electron chi connectivity index (χ1n) is 3.39. The maximum Gasteiger partial charge on any atom is 0.160 e. The van der Waals surface area contributed by atoms with Crippen LogP contribution in [0.1, 0.15) is 15.2 Å². The molecule has 0 saturated heterocycles. The lowest BCUT2D eigenvalue weighted by atomic mass is 10.3. The van der Waals surface area contributed by atoms with Gasteiger partial charge >= 0.3 is 0 Å². The van der Waals surface area contributed by atoms with E-state index in [0.29, 0.717) is 0 Å². The lowest BCUT2D eigenvalue weighted by Gasteiger charge is -2.05. The van der Waals surface area contributed by atoms with Gasteiger partial charge in [-0.25, -0.2) is 0 Å². The van der Waals surface area contributed by atoms with Crippen LogP contribution < -0.4 is 0 Å². The van der Waals surface area contributed by atoms with E-state index in [1.165, 1.54) is 16.9 Å². The molecule has 0 aromatic carbocycles. The summed E-state index contributed by atoms with van der Waals surface area (Å²) in [5.41, 5.74) is 1.21. The summed E-state index contributed by atoms with van der Waals surface area (Å²) in [6.07, 6.45) is 0.893. The summed E-state index contributed by atoms with van der Waals surface area (Å²) in [6, 6.07) is 1.93. The Morgan fingerprint density at radius 2 is 2.36 bits per heavy atom. The van der Waals surface area contributed by atoms with Crippen molar-refractivity contribution in [1.82, 2.24) is 4.90 Å². The van der Waals surface area contributed by atoms with Crippen LogP contribution in [-0.2, 0) is 6.54 Å². The van der Waals surface area contributed by atoms with Crippen LogP contribution in [-0.4, -0.2) is 25.3 Å². The minimum atomic E-state index is 0.807. The fraction of sp³-hybridized carbons (Fsp3) is 0.375. The number of nitrogens with zero attached hydrogens (tertiary/aromatic N) is 1. The third-order valence-electron chi connectivity index (χ3n) is 1.29. The fourth-order valence-corrected chi connectivity index (χ4v) is 1.61. The van der Waals surface area contributed by atoms with Crippen molar-refractivity contribution in [3.8, 4) is 0 Å². The molecule has 0 radical (unpaired) electrons. The average molecular weight is 169 g/mol. The van der Waals surface area contributed by atoms with Crippen LogP contribution in [0.25, 0.3) is 0 Å². The van der Waals surface area contributed by atoms with Gasteiger partial charge in [0.05, 0.1) is 4.88 Å². The van der Waals surface area contributed by atoms with Crippen LogP contribution in [0.5, 0.6) is 0 Å². The molecule has 11 heavy (non-hydrogen) atoms. The molecule has 0 saturated carbocycles. The van der Waals surface area contributed by atoms with Gasteiger partial charge in [0.2, 0.25) is 0 Å². The van der Waals surface area contributed by atoms with Gasteiger partial charge in [-0.15, -0.1) is 11.3 Å². The van der Waals surface area contributed by atoms with Gasteiger partial charge in [0.25, 0.3) is 0 Å². The van der Waals surface area contributed by atoms with Gasteiger partial charge in [-0.05, 0) is 31.1 Å². The highest BCUT2D eigenvalue weighted by Gasteiger charge is 1.98. The summed E-state index contributed by atoms with van der Waals surface area (Å²) in [5, 5.41) is 2.02. The molecular formula is C8H11NOS. The highest BCUT2D eigenvalue weighted by atomic mass is 32.1. The van der Waals surface area contributed by atoms with Crippen LogP contribution in [0.15, 0.2) is 11.4 Å². The van der Waals surface area contributed by atoms with Gasteiger partial charge in [-0.1, -0.05) is 0 Å². The zero-order valence-electron chi connectivity index (χ0n) is 6.70. The summed E-state index contributed by atoms with van der Waals surface area (Å²) < 4.78 is 0. The maximum atomic E-state index is 10.3. The van der Waals surface area contributed by atoms with E-state index in [2.05, 4.69) is 4.90 Å². The predicted octanol–water partition coefficient (Wildman–Crippen LogP) is 1.62. The van der Waals surface area contributed by atoms with E-state index in [1.54, 1.807) is 0 Å². The van der Waals surface area contributed by atoms with Crippen molar-refractivity contribution in [3.05, 3.63) is 21.9 Å². The Morgan fingerprint density at radius 3 is 2.82 bits per heavy atom. The van der Waals surface area contributed by atoms with E-state index in [-0.39, 0.29) is 0 Å². The Labute approximate surface area is 70.5 Å². The molecule has 0 spiro atoms. The van der Waals surface area contributed by atoms with Crippen LogP contribution >= 0.6 is 11.3 Å². The average Bonchev–Trinajstić information content (AvgIpc) is 2.34. The number of hydrogen-bond acceptors (Lipinski definition) is 3. The van der Waals surface area contributed by atoms with E-state index in [0.717, 1.165) is 17.7 Å². The van der Waals surface area contributed by atoms with Crippen molar-refractivity contribution in [2.24, 2.45) is 0 Å². The monoisotopic (exact) mass is 169 g/mol. The van der Waals surface area contributed by atoms with Crippen molar-refractivity contribution in [2.75, 3.05) is 14.1 Å². The molecule has 0 atom stereocenters. The molecule has 2 nitrogen and oxygen atoms in total. The number of carbonyl (C=O) groups excluding carboxylic acids is 1. The maximum absolute atomic E-state index is 10.3. The van der Waals surface area contributed by atoms with Crippen LogP contribution in [0.2, 0.25) is 0 Å².